The molecule has 1 aromatic heterocycles. The first-order valence-electron chi connectivity index (χ1n) is 8.74. The lowest BCUT2D eigenvalue weighted by Crippen LogP contribution is -2.57. The summed E-state index contributed by atoms with van der Waals surface area (Å²) in [5, 5.41) is 6.14. The van der Waals surface area contributed by atoms with Gasteiger partial charge in [0.25, 0.3) is 11.5 Å². The number of hydrogen-bond acceptors (Lipinski definition) is 4. The zero-order valence-electron chi connectivity index (χ0n) is 14.0. The van der Waals surface area contributed by atoms with Crippen molar-refractivity contribution in [1.82, 2.24) is 20.0 Å². The Morgan fingerprint density at radius 1 is 1.33 bits per heavy atom. The molecule has 2 saturated heterocycles. The van der Waals surface area contributed by atoms with Crippen molar-refractivity contribution in [3.05, 3.63) is 28.2 Å². The van der Waals surface area contributed by atoms with E-state index in [0.717, 1.165) is 32.2 Å². The highest BCUT2D eigenvalue weighted by atomic mass is 16.2. The second kappa shape index (κ2) is 7.15. The Balaban J connectivity index is 1.68. The Labute approximate surface area is 141 Å². The number of nitrogens with one attached hydrogen (secondary N) is 1. The molecular weight excluding hydrogens is 308 g/mol. The van der Waals surface area contributed by atoms with Crippen LogP contribution >= 0.6 is 0 Å². The Morgan fingerprint density at radius 3 is 2.88 bits per heavy atom. The summed E-state index contributed by atoms with van der Waals surface area (Å²) in [7, 11) is 0. The molecule has 2 unspecified atom stereocenters. The summed E-state index contributed by atoms with van der Waals surface area (Å²) in [4.78, 5) is 39.7. The second-order valence-electron chi connectivity index (χ2n) is 6.65. The van der Waals surface area contributed by atoms with E-state index >= 15 is 0 Å². The Kier molecular flexibility index (Phi) is 4.97. The van der Waals surface area contributed by atoms with Crippen LogP contribution in [0.1, 0.15) is 49.5 Å². The highest BCUT2D eigenvalue weighted by Crippen LogP contribution is 2.31. The maximum absolute atomic E-state index is 12.6. The summed E-state index contributed by atoms with van der Waals surface area (Å²) in [5.74, 6) is 0.438. The van der Waals surface area contributed by atoms with Gasteiger partial charge in [-0.3, -0.25) is 14.4 Å². The number of piperidine rings is 2. The fourth-order valence-electron chi connectivity index (χ4n) is 3.78. The minimum Gasteiger partial charge on any atom is -0.339 e. The first-order valence-corrected chi connectivity index (χ1v) is 8.74. The SMILES string of the molecule is CCCCN1C(=O)CCC2CN(C(=O)c3ccc(=O)[nH]n3)CCC21. The third kappa shape index (κ3) is 3.34. The lowest BCUT2D eigenvalue weighted by molar-refractivity contribution is -0.140. The van der Waals surface area contributed by atoms with E-state index in [0.29, 0.717) is 25.4 Å². The maximum atomic E-state index is 12.6. The van der Waals surface area contributed by atoms with Gasteiger partial charge < -0.3 is 9.80 Å². The number of nitrogens with zero attached hydrogens (tertiary/aromatic N) is 3. The number of hydrogen-bond donors (Lipinski definition) is 1. The lowest BCUT2D eigenvalue weighted by atomic mass is 9.83. The van der Waals surface area contributed by atoms with Crippen molar-refractivity contribution in [2.24, 2.45) is 5.92 Å². The molecule has 3 rings (SSSR count). The average molecular weight is 332 g/mol. The molecule has 2 atom stereocenters. The molecule has 24 heavy (non-hydrogen) atoms. The van der Waals surface area contributed by atoms with Crippen LogP contribution in [-0.4, -0.2) is 57.5 Å². The van der Waals surface area contributed by atoms with Crippen LogP contribution in [-0.2, 0) is 4.79 Å². The number of fused-ring (bicyclic) bond motifs is 1. The van der Waals surface area contributed by atoms with Gasteiger partial charge in [0.05, 0.1) is 0 Å². The summed E-state index contributed by atoms with van der Waals surface area (Å²) in [6, 6.07) is 3.04. The van der Waals surface area contributed by atoms with Crippen LogP contribution in [0.15, 0.2) is 16.9 Å². The molecule has 0 saturated carbocycles. The number of H-pyrrole nitrogens is 1. The van der Waals surface area contributed by atoms with Gasteiger partial charge in [-0.1, -0.05) is 13.3 Å². The van der Waals surface area contributed by atoms with Crippen molar-refractivity contribution in [2.45, 2.75) is 45.1 Å². The number of aromatic amines is 1. The second-order valence-corrected chi connectivity index (χ2v) is 6.65. The van der Waals surface area contributed by atoms with Crippen LogP contribution < -0.4 is 5.56 Å². The normalized spacial score (nSPS) is 24.0. The number of unbranched alkanes of at least 4 members (excludes halogenated alkanes) is 1. The molecule has 2 fully saturated rings. The zero-order chi connectivity index (χ0) is 17.1. The van der Waals surface area contributed by atoms with Crippen LogP contribution in [0.4, 0.5) is 0 Å². The van der Waals surface area contributed by atoms with Gasteiger partial charge in [0.15, 0.2) is 0 Å². The van der Waals surface area contributed by atoms with Gasteiger partial charge in [-0.15, -0.1) is 0 Å². The molecule has 0 radical (unpaired) electrons. The van der Waals surface area contributed by atoms with Crippen molar-refractivity contribution in [2.75, 3.05) is 19.6 Å². The third-order valence-corrected chi connectivity index (χ3v) is 5.08. The molecule has 7 heteroatoms. The molecular formula is C17H24N4O3. The monoisotopic (exact) mass is 332 g/mol. The molecule has 0 bridgehead atoms. The van der Waals surface area contributed by atoms with Gasteiger partial charge in [-0.25, -0.2) is 5.10 Å². The van der Waals surface area contributed by atoms with Gasteiger partial charge in [-0.05, 0) is 31.2 Å². The fraction of sp³-hybridized carbons (Fsp3) is 0.647. The standard InChI is InChI=1S/C17H24N4O3/c1-2-3-9-21-14-8-10-20(11-12(14)4-7-16(21)23)17(24)13-5-6-15(22)19-18-13/h5-6,12,14H,2-4,7-11H2,1H3,(H,19,22). The summed E-state index contributed by atoms with van der Waals surface area (Å²) < 4.78 is 0. The van der Waals surface area contributed by atoms with E-state index in [1.54, 1.807) is 4.90 Å². The van der Waals surface area contributed by atoms with Crippen LogP contribution in [0, 0.1) is 5.92 Å². The number of carbonyl (C=O) groups excluding carboxylic acids is 2. The molecule has 130 valence electrons. The zero-order valence-corrected chi connectivity index (χ0v) is 14.0. The van der Waals surface area contributed by atoms with Crippen LogP contribution in [0.3, 0.4) is 0 Å². The van der Waals surface area contributed by atoms with Gasteiger partial charge in [0.1, 0.15) is 5.69 Å². The number of rotatable bonds is 4. The molecule has 1 aromatic rings. The Hall–Kier alpha value is -2.18. The average Bonchev–Trinajstić information content (AvgIpc) is 2.60. The maximum Gasteiger partial charge on any atom is 0.274 e. The summed E-state index contributed by atoms with van der Waals surface area (Å²) in [6.45, 7) is 4.23. The number of carbonyl (C=O) groups is 2. The largest absolute Gasteiger partial charge is 0.339 e. The number of aromatic nitrogens is 2. The molecule has 2 amide bonds. The number of amides is 2. The topological polar surface area (TPSA) is 86.4 Å². The Morgan fingerprint density at radius 2 is 2.17 bits per heavy atom. The van der Waals surface area contributed by atoms with Crippen LogP contribution in [0.5, 0.6) is 0 Å². The van der Waals surface area contributed by atoms with Crippen molar-refractivity contribution in [3.8, 4) is 0 Å². The van der Waals surface area contributed by atoms with E-state index in [2.05, 4.69) is 17.1 Å². The van der Waals surface area contributed by atoms with Crippen molar-refractivity contribution in [3.63, 3.8) is 0 Å². The molecule has 2 aliphatic rings. The smallest absolute Gasteiger partial charge is 0.274 e. The van der Waals surface area contributed by atoms with E-state index in [-0.39, 0.29) is 29.1 Å². The van der Waals surface area contributed by atoms with E-state index in [9.17, 15) is 14.4 Å². The van der Waals surface area contributed by atoms with Gasteiger partial charge in [0.2, 0.25) is 5.91 Å². The third-order valence-electron chi connectivity index (χ3n) is 5.08. The van der Waals surface area contributed by atoms with E-state index < -0.39 is 0 Å². The minimum atomic E-state index is -0.317. The van der Waals surface area contributed by atoms with E-state index in [1.165, 1.54) is 12.1 Å². The molecule has 0 spiro atoms. The summed E-state index contributed by atoms with van der Waals surface area (Å²) in [5.41, 5.74) is -0.0506. The quantitative estimate of drug-likeness (QED) is 0.892. The van der Waals surface area contributed by atoms with Gasteiger partial charge in [0, 0.05) is 38.2 Å². The van der Waals surface area contributed by atoms with E-state index in [4.69, 9.17) is 0 Å². The Bertz CT molecular complexity index is 652. The molecule has 0 aromatic carbocycles. The lowest BCUT2D eigenvalue weighted by Gasteiger charge is -2.47. The summed E-state index contributed by atoms with van der Waals surface area (Å²) >= 11 is 0. The number of likely N-dealkylation sites (tertiary alicyclic amines) is 2. The highest BCUT2D eigenvalue weighted by molar-refractivity contribution is 5.92. The fourth-order valence-corrected chi connectivity index (χ4v) is 3.78. The van der Waals surface area contributed by atoms with Crippen LogP contribution in [0.2, 0.25) is 0 Å². The predicted molar refractivity (Wildman–Crippen MR) is 88.5 cm³/mol. The van der Waals surface area contributed by atoms with Crippen molar-refractivity contribution in [1.29, 1.82) is 0 Å². The molecule has 0 aliphatic carbocycles. The molecule has 1 N–H and O–H groups in total. The minimum absolute atomic E-state index is 0.151. The summed E-state index contributed by atoms with van der Waals surface area (Å²) in [6.07, 6.45) is 4.33. The van der Waals surface area contributed by atoms with Gasteiger partial charge in [-0.2, -0.15) is 5.10 Å². The molecule has 3 heterocycles. The van der Waals surface area contributed by atoms with Crippen molar-refractivity contribution < 1.29 is 9.59 Å². The highest BCUT2D eigenvalue weighted by Gasteiger charge is 2.40. The van der Waals surface area contributed by atoms with E-state index in [1.807, 2.05) is 4.90 Å². The van der Waals surface area contributed by atoms with Crippen molar-refractivity contribution >= 4 is 11.8 Å². The molecule has 2 aliphatic heterocycles. The predicted octanol–water partition coefficient (Wildman–Crippen LogP) is 1.02. The first-order chi connectivity index (χ1) is 11.6. The first kappa shape index (κ1) is 16.7. The van der Waals surface area contributed by atoms with Crippen LogP contribution in [0.25, 0.3) is 0 Å². The van der Waals surface area contributed by atoms with Gasteiger partial charge >= 0.3 is 0 Å². The molecule has 7 nitrogen and oxygen atoms in total.